The van der Waals surface area contributed by atoms with Crippen molar-refractivity contribution >= 4 is 29.0 Å². The number of rotatable bonds is 2. The minimum atomic E-state index is -0.221. The Balaban J connectivity index is 1.60. The van der Waals surface area contributed by atoms with E-state index in [2.05, 4.69) is 22.3 Å². The zero-order chi connectivity index (χ0) is 17.6. The first-order valence-corrected chi connectivity index (χ1v) is 8.74. The van der Waals surface area contributed by atoms with Crippen LogP contribution in [0, 0.1) is 0 Å². The summed E-state index contributed by atoms with van der Waals surface area (Å²) in [5.41, 5.74) is 2.95. The molecular formula is C19H20ClN3O2. The Bertz CT molecular complexity index is 813. The largest absolute Gasteiger partial charge is 0.394 e. The van der Waals surface area contributed by atoms with Crippen molar-refractivity contribution in [1.29, 1.82) is 0 Å². The maximum absolute atomic E-state index is 12.8. The van der Waals surface area contributed by atoms with Gasteiger partial charge >= 0.3 is 6.03 Å². The van der Waals surface area contributed by atoms with Crippen molar-refractivity contribution in [2.75, 3.05) is 30.4 Å². The summed E-state index contributed by atoms with van der Waals surface area (Å²) in [6.45, 7) is 0.684. The van der Waals surface area contributed by atoms with Gasteiger partial charge in [0.15, 0.2) is 0 Å². The van der Waals surface area contributed by atoms with E-state index in [1.54, 1.807) is 17.0 Å². The molecule has 4 rings (SSSR count). The van der Waals surface area contributed by atoms with Crippen LogP contribution in [-0.4, -0.2) is 48.3 Å². The average Bonchev–Trinajstić information content (AvgIpc) is 2.60. The molecule has 0 spiro atoms. The van der Waals surface area contributed by atoms with Gasteiger partial charge in [-0.1, -0.05) is 41.9 Å². The highest BCUT2D eigenvalue weighted by molar-refractivity contribution is 6.33. The van der Waals surface area contributed by atoms with E-state index in [1.807, 2.05) is 31.3 Å². The first-order chi connectivity index (χ1) is 12.1. The van der Waals surface area contributed by atoms with Gasteiger partial charge in [0.2, 0.25) is 0 Å². The average molecular weight is 358 g/mol. The quantitative estimate of drug-likeness (QED) is 0.868. The summed E-state index contributed by atoms with van der Waals surface area (Å²) in [6.07, 6.45) is 0. The summed E-state index contributed by atoms with van der Waals surface area (Å²) in [4.78, 5) is 16.7. The van der Waals surface area contributed by atoms with Gasteiger partial charge in [-0.2, -0.15) is 0 Å². The Morgan fingerprint density at radius 2 is 1.96 bits per heavy atom. The van der Waals surface area contributed by atoms with Crippen LogP contribution < -0.4 is 10.2 Å². The first kappa shape index (κ1) is 16.2. The second-order valence-electron chi connectivity index (χ2n) is 6.60. The number of aliphatic hydroxyl groups excluding tert-OH is 1. The molecule has 1 saturated heterocycles. The number of nitrogens with zero attached hydrogens (tertiary/aromatic N) is 2. The molecule has 130 valence electrons. The number of urea groups is 1. The molecule has 6 heteroatoms. The summed E-state index contributed by atoms with van der Waals surface area (Å²) in [7, 11) is 2.03. The summed E-state index contributed by atoms with van der Waals surface area (Å²) in [5.74, 6) is 0.161. The van der Waals surface area contributed by atoms with E-state index in [-0.39, 0.29) is 30.6 Å². The van der Waals surface area contributed by atoms with E-state index < -0.39 is 0 Å². The van der Waals surface area contributed by atoms with Crippen LogP contribution >= 0.6 is 11.6 Å². The molecule has 2 N–H and O–H groups in total. The number of hydrogen-bond acceptors (Lipinski definition) is 3. The van der Waals surface area contributed by atoms with Crippen molar-refractivity contribution in [3.05, 3.63) is 59.1 Å². The molecule has 0 aliphatic carbocycles. The predicted octanol–water partition coefficient (Wildman–Crippen LogP) is 3.15. The molecule has 2 aromatic rings. The van der Waals surface area contributed by atoms with E-state index >= 15 is 0 Å². The van der Waals surface area contributed by atoms with Crippen LogP contribution in [0.1, 0.15) is 11.5 Å². The number of nitrogens with one attached hydrogen (secondary N) is 1. The third-order valence-corrected chi connectivity index (χ3v) is 5.58. The van der Waals surface area contributed by atoms with Gasteiger partial charge < -0.3 is 20.2 Å². The number of carbonyl (C=O) groups is 1. The number of fused-ring (bicyclic) bond motifs is 3. The van der Waals surface area contributed by atoms with E-state index in [1.165, 1.54) is 11.3 Å². The molecule has 5 nitrogen and oxygen atoms in total. The van der Waals surface area contributed by atoms with Crippen LogP contribution in [0.5, 0.6) is 0 Å². The fourth-order valence-corrected chi connectivity index (χ4v) is 4.29. The number of likely N-dealkylation sites (N-methyl/N-ethyl adjacent to an activating group) is 1. The number of likely N-dealkylation sites (tertiary alicyclic amines) is 1. The molecule has 25 heavy (non-hydrogen) atoms. The lowest BCUT2D eigenvalue weighted by Crippen LogP contribution is -2.70. The first-order valence-electron chi connectivity index (χ1n) is 8.36. The van der Waals surface area contributed by atoms with Crippen molar-refractivity contribution in [1.82, 2.24) is 4.90 Å². The van der Waals surface area contributed by atoms with E-state index in [9.17, 15) is 9.90 Å². The van der Waals surface area contributed by atoms with E-state index in [4.69, 9.17) is 11.6 Å². The number of para-hydroxylation sites is 2. The molecule has 2 aliphatic heterocycles. The van der Waals surface area contributed by atoms with E-state index in [0.717, 1.165) is 6.54 Å². The van der Waals surface area contributed by atoms with Crippen molar-refractivity contribution < 1.29 is 9.90 Å². The number of hydrogen-bond donors (Lipinski definition) is 2. The van der Waals surface area contributed by atoms with Crippen LogP contribution in [0.4, 0.5) is 16.2 Å². The molecule has 2 aromatic carbocycles. The Hall–Kier alpha value is -2.24. The Kier molecular flexibility index (Phi) is 4.06. The molecule has 0 saturated carbocycles. The molecular weight excluding hydrogens is 338 g/mol. The lowest BCUT2D eigenvalue weighted by Gasteiger charge is -2.58. The number of aliphatic hydroxyl groups is 1. The van der Waals surface area contributed by atoms with Gasteiger partial charge in [0.05, 0.1) is 29.4 Å². The second kappa shape index (κ2) is 6.24. The van der Waals surface area contributed by atoms with Gasteiger partial charge in [0.25, 0.3) is 0 Å². The lowest BCUT2D eigenvalue weighted by atomic mass is 9.72. The Morgan fingerprint density at radius 3 is 2.72 bits per heavy atom. The summed E-state index contributed by atoms with van der Waals surface area (Å²) in [5, 5.41) is 13.3. The number of anilines is 2. The predicted molar refractivity (Wildman–Crippen MR) is 99.4 cm³/mol. The molecule has 3 atom stereocenters. The smallest absolute Gasteiger partial charge is 0.322 e. The maximum Gasteiger partial charge on any atom is 0.322 e. The zero-order valence-corrected chi connectivity index (χ0v) is 14.6. The molecule has 0 unspecified atom stereocenters. The molecule has 0 radical (unpaired) electrons. The van der Waals surface area contributed by atoms with Crippen molar-refractivity contribution in [3.63, 3.8) is 0 Å². The van der Waals surface area contributed by atoms with Crippen molar-refractivity contribution in [2.45, 2.75) is 18.0 Å². The summed E-state index contributed by atoms with van der Waals surface area (Å²) < 4.78 is 0. The standard InChI is InChI=1S/C19H20ClN3O2/c1-22-10-16-18(12-6-2-5-9-15(12)22)17(11-24)23(16)19(25)21-14-8-4-3-7-13(14)20/h2-9,16-18,24H,10-11H2,1H3,(H,21,25)/t16-,17-,18+/m0/s1. The number of carbonyl (C=O) groups excluding carboxylic acids is 1. The van der Waals surface area contributed by atoms with Gasteiger partial charge in [-0.05, 0) is 23.8 Å². The molecule has 2 amide bonds. The molecule has 1 fully saturated rings. The SMILES string of the molecule is CN1C[C@H]2[C@@H](c3ccccc31)[C@H](CO)N2C(=O)Nc1ccccc1Cl. The highest BCUT2D eigenvalue weighted by Gasteiger charge is 2.54. The molecule has 2 heterocycles. The van der Waals surface area contributed by atoms with Gasteiger partial charge in [-0.15, -0.1) is 0 Å². The number of halogens is 1. The summed E-state index contributed by atoms with van der Waals surface area (Å²) >= 11 is 6.14. The van der Waals surface area contributed by atoms with Gasteiger partial charge in [0.1, 0.15) is 0 Å². The lowest BCUT2D eigenvalue weighted by molar-refractivity contribution is -0.00226. The Labute approximate surface area is 151 Å². The third kappa shape index (κ3) is 2.55. The highest BCUT2D eigenvalue weighted by atomic mass is 35.5. The fraction of sp³-hybridized carbons (Fsp3) is 0.316. The van der Waals surface area contributed by atoms with Crippen molar-refractivity contribution in [2.24, 2.45) is 0 Å². The van der Waals surface area contributed by atoms with Crippen LogP contribution in [0.25, 0.3) is 0 Å². The topological polar surface area (TPSA) is 55.8 Å². The van der Waals surface area contributed by atoms with Gasteiger partial charge in [-0.25, -0.2) is 4.79 Å². The molecule has 2 aliphatic rings. The van der Waals surface area contributed by atoms with E-state index in [0.29, 0.717) is 10.7 Å². The highest BCUT2D eigenvalue weighted by Crippen LogP contribution is 2.47. The monoisotopic (exact) mass is 357 g/mol. The maximum atomic E-state index is 12.8. The molecule has 0 aromatic heterocycles. The zero-order valence-electron chi connectivity index (χ0n) is 13.9. The van der Waals surface area contributed by atoms with Crippen molar-refractivity contribution in [3.8, 4) is 0 Å². The van der Waals surface area contributed by atoms with Gasteiger partial charge in [0, 0.05) is 25.2 Å². The third-order valence-electron chi connectivity index (χ3n) is 5.25. The normalized spacial score (nSPS) is 24.2. The fourth-order valence-electron chi connectivity index (χ4n) is 4.10. The Morgan fingerprint density at radius 1 is 1.24 bits per heavy atom. The van der Waals surface area contributed by atoms with Crippen LogP contribution in [0.15, 0.2) is 48.5 Å². The minimum Gasteiger partial charge on any atom is -0.394 e. The number of benzene rings is 2. The van der Waals surface area contributed by atoms with Crippen LogP contribution in [0.2, 0.25) is 5.02 Å². The minimum absolute atomic E-state index is 0.0412. The molecule has 0 bridgehead atoms. The summed E-state index contributed by atoms with van der Waals surface area (Å²) in [6, 6.07) is 15.0. The van der Waals surface area contributed by atoms with Crippen LogP contribution in [0.3, 0.4) is 0 Å². The number of amides is 2. The van der Waals surface area contributed by atoms with Crippen LogP contribution in [-0.2, 0) is 0 Å². The van der Waals surface area contributed by atoms with Gasteiger partial charge in [-0.3, -0.25) is 0 Å². The second-order valence-corrected chi connectivity index (χ2v) is 7.01.